The van der Waals surface area contributed by atoms with Crippen molar-refractivity contribution in [1.82, 2.24) is 6.15 Å². The van der Waals surface area contributed by atoms with Gasteiger partial charge in [0.05, 0.1) is 0 Å². The summed E-state index contributed by atoms with van der Waals surface area (Å²) in [7, 11) is 0. The summed E-state index contributed by atoms with van der Waals surface area (Å²) in [6, 6.07) is 0. The van der Waals surface area contributed by atoms with Gasteiger partial charge in [-0.3, -0.25) is 0 Å². The molecule has 0 spiro atoms. The molecule has 0 rings (SSSR count). The largest absolute Gasteiger partial charge is 2.00 e. The molecule has 0 aromatic carbocycles. The number of quaternary nitrogens is 1. The van der Waals surface area contributed by atoms with Gasteiger partial charge in [0.1, 0.15) is 0 Å². The second-order valence-corrected chi connectivity index (χ2v) is 0. The molecule has 0 aliphatic carbocycles. The van der Waals surface area contributed by atoms with Gasteiger partial charge >= 0.3 is 21.1 Å². The number of rotatable bonds is 0. The molecule has 0 aliphatic heterocycles. The van der Waals surface area contributed by atoms with E-state index >= 15 is 0 Å². The number of hydrogen-bond donors (Lipinski definition) is 1. The maximum atomic E-state index is 7.25. The molecule has 0 aromatic heterocycles. The third-order valence-corrected chi connectivity index (χ3v) is 0. The van der Waals surface area contributed by atoms with Crippen LogP contribution in [0.5, 0.6) is 0 Å². The molecular formula is H4N2OPt+2. The summed E-state index contributed by atoms with van der Waals surface area (Å²) in [4.78, 5) is 7.25. The summed E-state index contributed by atoms with van der Waals surface area (Å²) >= 11 is 0. The Labute approximate surface area is 38.4 Å². The molecule has 0 saturated heterocycles. The van der Waals surface area contributed by atoms with E-state index in [9.17, 15) is 0 Å². The summed E-state index contributed by atoms with van der Waals surface area (Å²) in [5, 5.41) is 0. The van der Waals surface area contributed by atoms with Crippen molar-refractivity contribution in [3.63, 3.8) is 0 Å². The maximum Gasteiger partial charge on any atom is 2.00 e. The van der Waals surface area contributed by atoms with E-state index in [-0.39, 0.29) is 27.2 Å². The fraction of sp³-hybridized carbons (Fsp3) is 0. The smallest absolute Gasteiger partial charge is 0.577 e. The number of nitroso groups, excluding NO2 is 1. The van der Waals surface area contributed by atoms with Crippen molar-refractivity contribution in [1.29, 1.82) is 0 Å². The molecule has 4 N–H and O–H groups in total. The van der Waals surface area contributed by atoms with Gasteiger partial charge in [-0.2, -0.15) is 0 Å². The first-order chi connectivity index (χ1) is 1.00. The summed E-state index contributed by atoms with van der Waals surface area (Å²) < 4.78 is 0. The van der Waals surface area contributed by atoms with Crippen LogP contribution in [0.25, 0.3) is 5.59 Å². The molecule has 0 fully saturated rings. The molecule has 0 heterocycles. The quantitative estimate of drug-likeness (QED) is 0.667. The SMILES string of the molecule is [N-]=O.[NH4+].[Pt+2]. The van der Waals surface area contributed by atoms with Gasteiger partial charge in [0, 0.05) is 0 Å². The Kier molecular flexibility index (Phi) is 1920. The van der Waals surface area contributed by atoms with Gasteiger partial charge in [-0.25, -0.2) is 0 Å². The molecule has 0 amide bonds. The van der Waals surface area contributed by atoms with Gasteiger partial charge in [0.25, 0.3) is 0 Å². The van der Waals surface area contributed by atoms with E-state index in [0.29, 0.717) is 0 Å². The van der Waals surface area contributed by atoms with Gasteiger partial charge in [-0.05, 0) is 0 Å². The molecule has 4 heavy (non-hydrogen) atoms. The summed E-state index contributed by atoms with van der Waals surface area (Å²) in [5.41, 5.74) is 5.75. The zero-order valence-corrected chi connectivity index (χ0v) is 4.44. The van der Waals surface area contributed by atoms with Crippen molar-refractivity contribution in [3.05, 3.63) is 10.5 Å². The van der Waals surface area contributed by atoms with Crippen LogP contribution in [-0.2, 0) is 21.1 Å². The molecule has 0 radical (unpaired) electrons. The number of hydrogen-bond acceptors (Lipinski definition) is 1. The van der Waals surface area contributed by atoms with E-state index in [4.69, 9.17) is 10.5 Å². The van der Waals surface area contributed by atoms with Crippen LogP contribution >= 0.6 is 0 Å². The van der Waals surface area contributed by atoms with Gasteiger partial charge in [0.2, 0.25) is 0 Å². The maximum absolute atomic E-state index is 7.25. The van der Waals surface area contributed by atoms with Crippen LogP contribution < -0.4 is 6.15 Å². The van der Waals surface area contributed by atoms with E-state index in [1.165, 1.54) is 0 Å². The first-order valence-corrected chi connectivity index (χ1v) is 0.183. The predicted molar refractivity (Wildman–Crippen MR) is 12.7 cm³/mol. The molecule has 28 valence electrons. The first-order valence-electron chi connectivity index (χ1n) is 0.183. The Balaban J connectivity index is -0.00000000500. The molecular weight excluding hydrogens is 239 g/mol. The van der Waals surface area contributed by atoms with Crippen molar-refractivity contribution in [3.8, 4) is 0 Å². The molecule has 0 aromatic rings. The fourth-order valence-electron chi connectivity index (χ4n) is 0. The monoisotopic (exact) mass is 243 g/mol. The Bertz CT molecular complexity index is 6.00. The van der Waals surface area contributed by atoms with Crippen molar-refractivity contribution >= 4 is 0 Å². The van der Waals surface area contributed by atoms with Crippen molar-refractivity contribution in [2.75, 3.05) is 0 Å². The minimum absolute atomic E-state index is 0. The van der Waals surface area contributed by atoms with E-state index in [1.807, 2.05) is 0 Å². The topological polar surface area (TPSA) is 75.9 Å². The zero-order chi connectivity index (χ0) is 2.00. The van der Waals surface area contributed by atoms with Crippen LogP contribution in [0.4, 0.5) is 0 Å². The molecule has 0 unspecified atom stereocenters. The van der Waals surface area contributed by atoms with Gasteiger partial charge in [-0.1, -0.05) is 0 Å². The average molecular weight is 243 g/mol. The van der Waals surface area contributed by atoms with Crippen LogP contribution in [-0.4, -0.2) is 0 Å². The van der Waals surface area contributed by atoms with Crippen molar-refractivity contribution in [2.24, 2.45) is 0 Å². The fourth-order valence-corrected chi connectivity index (χ4v) is 0. The van der Waals surface area contributed by atoms with E-state index in [2.05, 4.69) is 0 Å². The van der Waals surface area contributed by atoms with Gasteiger partial charge in [-0.15, -0.1) is 0 Å². The Hall–Kier alpha value is 0.248. The predicted octanol–water partition coefficient (Wildman–Crippen LogP) is 0.696. The number of nitrogens with zero attached hydrogens (tertiary/aromatic N) is 1. The van der Waals surface area contributed by atoms with E-state index in [1.54, 1.807) is 0 Å². The van der Waals surface area contributed by atoms with Crippen LogP contribution in [0.2, 0.25) is 0 Å². The minimum atomic E-state index is 0. The molecule has 0 saturated carbocycles. The average Bonchev–Trinajstić information content (AvgIpc) is 1.00. The Morgan fingerprint density at radius 3 is 1.25 bits per heavy atom. The van der Waals surface area contributed by atoms with E-state index < -0.39 is 0 Å². The Morgan fingerprint density at radius 1 is 1.25 bits per heavy atom. The minimum Gasteiger partial charge on any atom is -0.577 e. The molecule has 0 atom stereocenters. The first kappa shape index (κ1) is 28.8. The standard InChI is InChI=1S/NO.H3N.Pt/c1-2;;/h;1H3;/q-1;;+2/p+1. The molecule has 0 aliphatic rings. The summed E-state index contributed by atoms with van der Waals surface area (Å²) in [6.45, 7) is 0. The third kappa shape index (κ3) is 56.8. The summed E-state index contributed by atoms with van der Waals surface area (Å²) in [5.74, 6) is 0. The second-order valence-electron chi connectivity index (χ2n) is 0. The van der Waals surface area contributed by atoms with Crippen molar-refractivity contribution in [2.45, 2.75) is 0 Å². The van der Waals surface area contributed by atoms with Crippen LogP contribution in [0, 0.1) is 4.91 Å². The second kappa shape index (κ2) is 266. The molecule has 0 bridgehead atoms. The zero-order valence-electron chi connectivity index (χ0n) is 2.17. The molecule has 3 nitrogen and oxygen atoms in total. The normalized spacial score (nSPS) is 1.00. The molecule has 4 heteroatoms. The summed E-state index contributed by atoms with van der Waals surface area (Å²) in [6.07, 6.45) is 0. The van der Waals surface area contributed by atoms with Gasteiger partial charge in [0.15, 0.2) is 0 Å². The van der Waals surface area contributed by atoms with Crippen LogP contribution in [0.15, 0.2) is 0 Å². The van der Waals surface area contributed by atoms with E-state index in [0.717, 1.165) is 0 Å². The third-order valence-electron chi connectivity index (χ3n) is 0. The van der Waals surface area contributed by atoms with Crippen LogP contribution in [0.3, 0.4) is 0 Å². The van der Waals surface area contributed by atoms with Crippen molar-refractivity contribution < 1.29 is 21.1 Å². The van der Waals surface area contributed by atoms with Crippen LogP contribution in [0.1, 0.15) is 0 Å². The van der Waals surface area contributed by atoms with Gasteiger partial charge < -0.3 is 16.7 Å². The Morgan fingerprint density at radius 2 is 1.25 bits per heavy atom.